The summed E-state index contributed by atoms with van der Waals surface area (Å²) in [6.45, 7) is 8.19. The van der Waals surface area contributed by atoms with E-state index in [0.29, 0.717) is 61.8 Å². The SMILES string of the molecule is CCOc1ccc(C2C(=C(O)c3nc4c(C)cccn4c3C)C(=O)C(=O)N2c2nnc(SCc3ccc(Cl)cc3Cl)s2)cc1OCC. The van der Waals surface area contributed by atoms with Gasteiger partial charge in [-0.25, -0.2) is 4.98 Å². The van der Waals surface area contributed by atoms with Gasteiger partial charge in [0.05, 0.1) is 30.5 Å². The summed E-state index contributed by atoms with van der Waals surface area (Å²) in [7, 11) is 0. The van der Waals surface area contributed by atoms with E-state index < -0.39 is 17.7 Å². The fourth-order valence-electron chi connectivity index (χ4n) is 5.39. The largest absolute Gasteiger partial charge is 0.505 e. The maximum atomic E-state index is 13.9. The second kappa shape index (κ2) is 13.6. The molecule has 1 fully saturated rings. The lowest BCUT2D eigenvalue weighted by Gasteiger charge is -2.23. The van der Waals surface area contributed by atoms with Gasteiger partial charge < -0.3 is 19.0 Å². The first-order valence-electron chi connectivity index (χ1n) is 14.7. The number of aromatic nitrogens is 4. The predicted octanol–water partition coefficient (Wildman–Crippen LogP) is 7.83. The number of amides is 1. The van der Waals surface area contributed by atoms with Gasteiger partial charge in [-0.05, 0) is 74.7 Å². The maximum absolute atomic E-state index is 13.9. The molecule has 0 bridgehead atoms. The summed E-state index contributed by atoms with van der Waals surface area (Å²) in [5, 5.41) is 21.7. The number of halogens is 2. The second-order valence-corrected chi connectivity index (χ2v) is 13.6. The lowest BCUT2D eigenvalue weighted by molar-refractivity contribution is -0.132. The van der Waals surface area contributed by atoms with Crippen LogP contribution in [0.2, 0.25) is 10.0 Å². The Balaban J connectivity index is 1.46. The molecule has 1 atom stereocenters. The Labute approximate surface area is 289 Å². The Bertz CT molecular complexity index is 2060. The number of anilines is 1. The van der Waals surface area contributed by atoms with Crippen LogP contribution in [-0.2, 0) is 15.3 Å². The summed E-state index contributed by atoms with van der Waals surface area (Å²) in [6.07, 6.45) is 1.83. The third-order valence-corrected chi connectivity index (χ3v) is 10.3. The zero-order valence-corrected chi connectivity index (χ0v) is 28.9. The molecular formula is C33H29Cl2N5O5S2. The minimum atomic E-state index is -1.06. The number of carbonyl (C=O) groups excluding carboxylic acids is 2. The van der Waals surface area contributed by atoms with Crippen LogP contribution in [0.4, 0.5) is 5.13 Å². The van der Waals surface area contributed by atoms with Crippen molar-refractivity contribution >= 4 is 74.5 Å². The maximum Gasteiger partial charge on any atom is 0.301 e. The average molecular weight is 711 g/mol. The molecule has 1 aliphatic heterocycles. The molecule has 14 heteroatoms. The molecule has 3 aromatic heterocycles. The molecule has 6 rings (SSSR count). The zero-order valence-electron chi connectivity index (χ0n) is 25.8. The summed E-state index contributed by atoms with van der Waals surface area (Å²) < 4.78 is 14.0. The number of ketones is 1. The highest BCUT2D eigenvalue weighted by Crippen LogP contribution is 2.46. The fraction of sp³-hybridized carbons (Fsp3) is 0.242. The normalized spacial score (nSPS) is 16.0. The van der Waals surface area contributed by atoms with Crippen LogP contribution in [0.5, 0.6) is 11.5 Å². The number of hydrogen-bond donors (Lipinski definition) is 1. The third kappa shape index (κ3) is 6.18. The minimum Gasteiger partial charge on any atom is -0.505 e. The molecule has 0 spiro atoms. The van der Waals surface area contributed by atoms with E-state index in [-0.39, 0.29) is 22.2 Å². The van der Waals surface area contributed by atoms with Crippen molar-refractivity contribution in [1.82, 2.24) is 19.6 Å². The smallest absolute Gasteiger partial charge is 0.301 e. The van der Waals surface area contributed by atoms with Crippen molar-refractivity contribution in [2.75, 3.05) is 18.1 Å². The molecule has 0 aliphatic carbocycles. The Morgan fingerprint density at radius 1 is 1.02 bits per heavy atom. The Kier molecular flexibility index (Phi) is 9.47. The molecule has 1 saturated heterocycles. The van der Waals surface area contributed by atoms with E-state index >= 15 is 0 Å². The first-order valence-corrected chi connectivity index (χ1v) is 17.2. The number of ether oxygens (including phenoxy) is 2. The van der Waals surface area contributed by atoms with Crippen LogP contribution in [0.1, 0.15) is 48.0 Å². The first-order chi connectivity index (χ1) is 22.6. The minimum absolute atomic E-state index is 0.122. The molecule has 242 valence electrons. The summed E-state index contributed by atoms with van der Waals surface area (Å²) in [6, 6.07) is 13.2. The Morgan fingerprint density at radius 2 is 1.79 bits per heavy atom. The zero-order chi connectivity index (χ0) is 33.4. The summed E-state index contributed by atoms with van der Waals surface area (Å²) in [4.78, 5) is 33.7. The number of aliphatic hydroxyl groups is 1. The number of aliphatic hydroxyl groups excluding tert-OH is 1. The first kappa shape index (κ1) is 32.8. The third-order valence-electron chi connectivity index (χ3n) is 7.60. The van der Waals surface area contributed by atoms with Crippen LogP contribution in [0.15, 0.2) is 64.6 Å². The number of pyridine rings is 1. The standard InChI is InChI=1S/C33H29Cl2N5O5S2/c1-5-44-23-12-10-19(14-24(23)45-6-2)27-25(28(41)26-18(4)39-13-7-8-17(3)30(39)36-26)29(42)31(43)40(27)32-37-38-33(47-32)46-16-20-9-11-21(34)15-22(20)35/h7-15,27,41H,5-6,16H2,1-4H3. The van der Waals surface area contributed by atoms with Crippen molar-refractivity contribution in [2.45, 2.75) is 43.8 Å². The van der Waals surface area contributed by atoms with Crippen molar-refractivity contribution < 1.29 is 24.2 Å². The van der Waals surface area contributed by atoms with Gasteiger partial charge in [0.2, 0.25) is 5.13 Å². The fourth-order valence-corrected chi connectivity index (χ4v) is 7.82. The number of carbonyl (C=O) groups is 2. The van der Waals surface area contributed by atoms with Gasteiger partial charge >= 0.3 is 5.91 Å². The van der Waals surface area contributed by atoms with Crippen LogP contribution in [0, 0.1) is 13.8 Å². The summed E-state index contributed by atoms with van der Waals surface area (Å²) in [5.41, 5.74) is 3.57. The van der Waals surface area contributed by atoms with E-state index in [9.17, 15) is 14.7 Å². The van der Waals surface area contributed by atoms with E-state index in [1.54, 1.807) is 37.3 Å². The number of benzene rings is 2. The highest BCUT2D eigenvalue weighted by molar-refractivity contribution is 8.00. The number of nitrogens with zero attached hydrogens (tertiary/aromatic N) is 5. The molecule has 1 N–H and O–H groups in total. The van der Waals surface area contributed by atoms with Crippen molar-refractivity contribution in [3.63, 3.8) is 0 Å². The van der Waals surface area contributed by atoms with Gasteiger partial charge in [0.25, 0.3) is 5.78 Å². The van der Waals surface area contributed by atoms with Gasteiger partial charge in [-0.1, -0.05) is 64.5 Å². The van der Waals surface area contributed by atoms with Crippen molar-refractivity contribution in [3.8, 4) is 11.5 Å². The Morgan fingerprint density at radius 3 is 2.51 bits per heavy atom. The van der Waals surface area contributed by atoms with Crippen molar-refractivity contribution in [1.29, 1.82) is 0 Å². The van der Waals surface area contributed by atoms with Crippen LogP contribution >= 0.6 is 46.3 Å². The van der Waals surface area contributed by atoms with Crippen molar-refractivity contribution in [3.05, 3.63) is 98.4 Å². The number of imidazole rings is 1. The van der Waals surface area contributed by atoms with Crippen LogP contribution in [-0.4, -0.2) is 49.6 Å². The molecule has 0 radical (unpaired) electrons. The lowest BCUT2D eigenvalue weighted by atomic mass is 9.96. The molecule has 10 nitrogen and oxygen atoms in total. The van der Waals surface area contributed by atoms with E-state index in [2.05, 4.69) is 15.2 Å². The Hall–Kier alpha value is -4.10. The molecule has 4 heterocycles. The van der Waals surface area contributed by atoms with Crippen LogP contribution in [0.3, 0.4) is 0 Å². The summed E-state index contributed by atoms with van der Waals surface area (Å²) in [5.74, 6) is -0.683. The number of aryl methyl sites for hydroxylation is 2. The lowest BCUT2D eigenvalue weighted by Crippen LogP contribution is -2.29. The van der Waals surface area contributed by atoms with Gasteiger partial charge in [0.1, 0.15) is 11.3 Å². The molecule has 0 saturated carbocycles. The van der Waals surface area contributed by atoms with Gasteiger partial charge in [-0.15, -0.1) is 10.2 Å². The highest BCUT2D eigenvalue weighted by atomic mass is 35.5. The molecule has 1 amide bonds. The number of fused-ring (bicyclic) bond motifs is 1. The van der Waals surface area contributed by atoms with Gasteiger partial charge in [0, 0.05) is 22.0 Å². The van der Waals surface area contributed by atoms with Gasteiger partial charge in [-0.2, -0.15) is 0 Å². The van der Waals surface area contributed by atoms with Crippen molar-refractivity contribution in [2.24, 2.45) is 0 Å². The summed E-state index contributed by atoms with van der Waals surface area (Å²) >= 11 is 14.9. The number of hydrogen-bond acceptors (Lipinski definition) is 10. The topological polar surface area (TPSA) is 119 Å². The molecule has 1 unspecified atom stereocenters. The van der Waals surface area contributed by atoms with E-state index in [0.717, 1.165) is 22.5 Å². The quantitative estimate of drug-likeness (QED) is 0.0509. The van der Waals surface area contributed by atoms with Crippen LogP contribution in [0.25, 0.3) is 11.4 Å². The molecule has 2 aromatic carbocycles. The van der Waals surface area contributed by atoms with Gasteiger partial charge in [-0.3, -0.25) is 14.5 Å². The monoisotopic (exact) mass is 709 g/mol. The molecule has 1 aliphatic rings. The average Bonchev–Trinajstić information content (AvgIpc) is 3.72. The molecule has 5 aromatic rings. The van der Waals surface area contributed by atoms with E-state index in [4.69, 9.17) is 32.7 Å². The van der Waals surface area contributed by atoms with Crippen LogP contribution < -0.4 is 14.4 Å². The number of rotatable bonds is 10. The van der Waals surface area contributed by atoms with E-state index in [1.807, 2.05) is 49.6 Å². The van der Waals surface area contributed by atoms with Gasteiger partial charge in [0.15, 0.2) is 21.6 Å². The second-order valence-electron chi connectivity index (χ2n) is 10.5. The molecular weight excluding hydrogens is 681 g/mol. The number of thioether (sulfide) groups is 1. The molecule has 47 heavy (non-hydrogen) atoms. The highest BCUT2D eigenvalue weighted by Gasteiger charge is 2.49. The predicted molar refractivity (Wildman–Crippen MR) is 184 cm³/mol. The van der Waals surface area contributed by atoms with E-state index in [1.165, 1.54) is 16.7 Å². The number of Topliss-reactive ketones (excluding diaryl/α,β-unsaturated/α-hetero) is 1.